The Hall–Kier alpha value is -0.620. The van der Waals surface area contributed by atoms with Gasteiger partial charge in [-0.3, -0.25) is 4.79 Å². The number of hydrogen-bond acceptors (Lipinski definition) is 2. The lowest BCUT2D eigenvalue weighted by Gasteiger charge is -2.38. The van der Waals surface area contributed by atoms with Crippen LogP contribution in [0.5, 0.6) is 0 Å². The summed E-state index contributed by atoms with van der Waals surface area (Å²) in [6.07, 6.45) is 1.01. The zero-order chi connectivity index (χ0) is 12.3. The highest BCUT2D eigenvalue weighted by Crippen LogP contribution is 2.17. The molecule has 0 radical (unpaired) electrons. The number of rotatable bonds is 4. The standard InChI is InChI=1S/C13H17IN2O/c1-2-7-16(10-8-15-9-10)13(17)11-5-3-4-6-12(11)14/h3-6,10,15H,2,7-9H2,1H3. The van der Waals surface area contributed by atoms with Crippen molar-refractivity contribution in [2.45, 2.75) is 19.4 Å². The van der Waals surface area contributed by atoms with Gasteiger partial charge in [0, 0.05) is 23.2 Å². The summed E-state index contributed by atoms with van der Waals surface area (Å²) < 4.78 is 1.03. The molecule has 0 bridgehead atoms. The molecule has 1 aliphatic heterocycles. The zero-order valence-corrected chi connectivity index (χ0v) is 12.1. The molecular formula is C13H17IN2O. The fourth-order valence-corrected chi connectivity index (χ4v) is 2.59. The first-order valence-electron chi connectivity index (χ1n) is 6.00. The van der Waals surface area contributed by atoms with Gasteiger partial charge in [0.25, 0.3) is 5.91 Å². The quantitative estimate of drug-likeness (QED) is 0.849. The van der Waals surface area contributed by atoms with Crippen LogP contribution in [0.25, 0.3) is 0 Å². The topological polar surface area (TPSA) is 32.3 Å². The summed E-state index contributed by atoms with van der Waals surface area (Å²) in [6, 6.07) is 8.17. The highest BCUT2D eigenvalue weighted by Gasteiger charge is 2.29. The van der Waals surface area contributed by atoms with Crippen molar-refractivity contribution < 1.29 is 4.79 Å². The van der Waals surface area contributed by atoms with Gasteiger partial charge < -0.3 is 10.2 Å². The largest absolute Gasteiger partial charge is 0.333 e. The van der Waals surface area contributed by atoms with Crippen LogP contribution in [-0.4, -0.2) is 36.5 Å². The third-order valence-electron chi connectivity index (χ3n) is 3.03. The van der Waals surface area contributed by atoms with Crippen LogP contribution in [0.15, 0.2) is 24.3 Å². The number of halogens is 1. The van der Waals surface area contributed by atoms with E-state index in [0.717, 1.165) is 35.2 Å². The first kappa shape index (κ1) is 12.8. The number of hydrogen-bond donors (Lipinski definition) is 1. The van der Waals surface area contributed by atoms with Crippen molar-refractivity contribution >= 4 is 28.5 Å². The van der Waals surface area contributed by atoms with Gasteiger partial charge in [-0.2, -0.15) is 0 Å². The van der Waals surface area contributed by atoms with Crippen LogP contribution in [0, 0.1) is 3.57 Å². The van der Waals surface area contributed by atoms with Crippen LogP contribution in [0.4, 0.5) is 0 Å². The van der Waals surface area contributed by atoms with E-state index in [-0.39, 0.29) is 5.91 Å². The molecule has 3 nitrogen and oxygen atoms in total. The summed E-state index contributed by atoms with van der Waals surface area (Å²) in [4.78, 5) is 14.5. The second-order valence-corrected chi connectivity index (χ2v) is 5.45. The van der Waals surface area contributed by atoms with Crippen molar-refractivity contribution in [3.05, 3.63) is 33.4 Å². The van der Waals surface area contributed by atoms with Crippen LogP contribution in [0.1, 0.15) is 23.7 Å². The minimum absolute atomic E-state index is 0.170. The minimum atomic E-state index is 0.170. The van der Waals surface area contributed by atoms with E-state index < -0.39 is 0 Å². The average Bonchev–Trinajstić information content (AvgIpc) is 2.26. The molecule has 0 aromatic heterocycles. The van der Waals surface area contributed by atoms with Crippen molar-refractivity contribution in [3.63, 3.8) is 0 Å². The molecule has 17 heavy (non-hydrogen) atoms. The number of nitrogens with zero attached hydrogens (tertiary/aromatic N) is 1. The van der Waals surface area contributed by atoms with E-state index in [2.05, 4.69) is 34.8 Å². The average molecular weight is 344 g/mol. The normalized spacial score (nSPS) is 15.4. The van der Waals surface area contributed by atoms with E-state index in [1.807, 2.05) is 29.2 Å². The summed E-state index contributed by atoms with van der Waals surface area (Å²) in [5, 5.41) is 3.23. The van der Waals surface area contributed by atoms with Gasteiger partial charge in [-0.15, -0.1) is 0 Å². The fourth-order valence-electron chi connectivity index (χ4n) is 1.97. The Bertz CT molecular complexity index is 404. The van der Waals surface area contributed by atoms with Crippen molar-refractivity contribution in [2.24, 2.45) is 0 Å². The highest BCUT2D eigenvalue weighted by atomic mass is 127. The Balaban J connectivity index is 2.18. The Morgan fingerprint density at radius 3 is 2.71 bits per heavy atom. The second-order valence-electron chi connectivity index (χ2n) is 4.29. The summed E-state index contributed by atoms with van der Waals surface area (Å²) in [6.45, 7) is 4.81. The molecule has 0 saturated carbocycles. The van der Waals surface area contributed by atoms with Gasteiger partial charge >= 0.3 is 0 Å². The van der Waals surface area contributed by atoms with Gasteiger partial charge in [0.2, 0.25) is 0 Å². The maximum absolute atomic E-state index is 12.5. The molecular weight excluding hydrogens is 327 g/mol. The predicted octanol–water partition coefficient (Wildman–Crippen LogP) is 2.12. The number of nitrogens with one attached hydrogen (secondary N) is 1. The van der Waals surface area contributed by atoms with Crippen molar-refractivity contribution in [2.75, 3.05) is 19.6 Å². The monoisotopic (exact) mass is 344 g/mol. The van der Waals surface area contributed by atoms with Crippen molar-refractivity contribution in [3.8, 4) is 0 Å². The smallest absolute Gasteiger partial charge is 0.255 e. The summed E-state index contributed by atoms with van der Waals surface area (Å²) in [5.41, 5.74) is 0.827. The Kier molecular flexibility index (Phi) is 4.39. The third kappa shape index (κ3) is 2.80. The molecule has 1 aromatic rings. The Labute approximate surface area is 116 Å². The fraction of sp³-hybridized carbons (Fsp3) is 0.462. The molecule has 0 spiro atoms. The molecule has 0 aliphatic carbocycles. The summed E-state index contributed by atoms with van der Waals surface area (Å²) in [7, 11) is 0. The van der Waals surface area contributed by atoms with Gasteiger partial charge in [-0.05, 0) is 41.1 Å². The predicted molar refractivity (Wildman–Crippen MR) is 77.1 cm³/mol. The molecule has 2 rings (SSSR count). The molecule has 1 aromatic carbocycles. The molecule has 1 aliphatic rings. The van der Waals surface area contributed by atoms with Crippen LogP contribution in [-0.2, 0) is 0 Å². The summed E-state index contributed by atoms with van der Waals surface area (Å²) in [5.74, 6) is 0.170. The van der Waals surface area contributed by atoms with Crippen LogP contribution in [0.2, 0.25) is 0 Å². The molecule has 4 heteroatoms. The lowest BCUT2D eigenvalue weighted by atomic mass is 10.1. The first-order valence-corrected chi connectivity index (χ1v) is 7.08. The van der Waals surface area contributed by atoms with Crippen LogP contribution >= 0.6 is 22.6 Å². The summed E-state index contributed by atoms with van der Waals surface area (Å²) >= 11 is 2.23. The number of carbonyl (C=O) groups is 1. The molecule has 1 amide bonds. The highest BCUT2D eigenvalue weighted by molar-refractivity contribution is 14.1. The molecule has 0 atom stereocenters. The molecule has 1 N–H and O–H groups in total. The van der Waals surface area contributed by atoms with Gasteiger partial charge in [-0.1, -0.05) is 19.1 Å². The van der Waals surface area contributed by atoms with Gasteiger partial charge in [0.05, 0.1) is 11.6 Å². The Morgan fingerprint density at radius 2 is 2.18 bits per heavy atom. The van der Waals surface area contributed by atoms with E-state index in [1.54, 1.807) is 0 Å². The number of carbonyl (C=O) groups excluding carboxylic acids is 1. The zero-order valence-electron chi connectivity index (χ0n) is 9.95. The molecule has 1 heterocycles. The molecule has 1 fully saturated rings. The number of benzene rings is 1. The van der Waals surface area contributed by atoms with Crippen molar-refractivity contribution in [1.82, 2.24) is 10.2 Å². The lowest BCUT2D eigenvalue weighted by Crippen LogP contribution is -2.59. The maximum atomic E-state index is 12.5. The lowest BCUT2D eigenvalue weighted by molar-refractivity contribution is 0.0614. The minimum Gasteiger partial charge on any atom is -0.333 e. The van der Waals surface area contributed by atoms with Gasteiger partial charge in [0.15, 0.2) is 0 Å². The molecule has 0 unspecified atom stereocenters. The van der Waals surface area contributed by atoms with E-state index >= 15 is 0 Å². The van der Waals surface area contributed by atoms with E-state index in [1.165, 1.54) is 0 Å². The maximum Gasteiger partial charge on any atom is 0.255 e. The van der Waals surface area contributed by atoms with Crippen LogP contribution < -0.4 is 5.32 Å². The number of amides is 1. The first-order chi connectivity index (χ1) is 8.24. The van der Waals surface area contributed by atoms with E-state index in [9.17, 15) is 4.79 Å². The van der Waals surface area contributed by atoms with Gasteiger partial charge in [-0.25, -0.2) is 0 Å². The molecule has 1 saturated heterocycles. The van der Waals surface area contributed by atoms with Gasteiger partial charge in [0.1, 0.15) is 0 Å². The van der Waals surface area contributed by atoms with Crippen LogP contribution in [0.3, 0.4) is 0 Å². The molecule has 92 valence electrons. The Morgan fingerprint density at radius 1 is 1.47 bits per heavy atom. The third-order valence-corrected chi connectivity index (χ3v) is 3.97. The second kappa shape index (κ2) is 5.82. The SMILES string of the molecule is CCCN(C(=O)c1ccccc1I)C1CNC1. The van der Waals surface area contributed by atoms with Crippen molar-refractivity contribution in [1.29, 1.82) is 0 Å². The van der Waals surface area contributed by atoms with E-state index in [0.29, 0.717) is 6.04 Å². The van der Waals surface area contributed by atoms with E-state index in [4.69, 9.17) is 0 Å².